The molecular weight excluding hydrogens is 307 g/mol. The van der Waals surface area contributed by atoms with Crippen LogP contribution in [0.4, 0.5) is 13.2 Å². The van der Waals surface area contributed by atoms with Crippen molar-refractivity contribution in [3.63, 3.8) is 0 Å². The molecule has 0 radical (unpaired) electrons. The van der Waals surface area contributed by atoms with Crippen LogP contribution in [0.25, 0.3) is 0 Å². The van der Waals surface area contributed by atoms with Gasteiger partial charge in [-0.25, -0.2) is 0 Å². The summed E-state index contributed by atoms with van der Waals surface area (Å²) < 4.78 is 43.7. The molecule has 6 heteroatoms. The number of hydrogen-bond acceptors (Lipinski definition) is 3. The van der Waals surface area contributed by atoms with Crippen LogP contribution in [0, 0.1) is 5.92 Å². The number of para-hydroxylation sites is 1. The second-order valence-corrected chi connectivity index (χ2v) is 5.61. The minimum absolute atomic E-state index is 0.0794. The van der Waals surface area contributed by atoms with Gasteiger partial charge in [0.1, 0.15) is 11.8 Å². The molecule has 0 bridgehead atoms. The maximum absolute atomic E-state index is 12.9. The topological polar surface area (TPSA) is 52.3 Å². The Balaban J connectivity index is 2.67. The van der Waals surface area contributed by atoms with Crippen molar-refractivity contribution in [1.82, 2.24) is 0 Å². The third kappa shape index (κ3) is 7.03. The van der Waals surface area contributed by atoms with Crippen LogP contribution in [0.3, 0.4) is 0 Å². The van der Waals surface area contributed by atoms with Crippen molar-refractivity contribution in [1.29, 1.82) is 0 Å². The summed E-state index contributed by atoms with van der Waals surface area (Å²) in [6, 6.07) is 5.86. The zero-order chi connectivity index (χ0) is 17.3. The van der Waals surface area contributed by atoms with Gasteiger partial charge in [-0.2, -0.15) is 13.2 Å². The van der Waals surface area contributed by atoms with Crippen LogP contribution in [0.2, 0.25) is 0 Å². The molecule has 0 fully saturated rings. The first-order valence-corrected chi connectivity index (χ1v) is 7.95. The van der Waals surface area contributed by atoms with Crippen LogP contribution in [0.15, 0.2) is 30.3 Å². The van der Waals surface area contributed by atoms with Crippen LogP contribution in [-0.2, 0) is 4.79 Å². The van der Waals surface area contributed by atoms with Crippen molar-refractivity contribution in [2.75, 3.05) is 0 Å². The SMILES string of the molecule is CCCCCCC[C@@H](C(=O)Oc1ccccc1)[C@@H](N)C(F)(F)F. The van der Waals surface area contributed by atoms with Crippen LogP contribution in [0.1, 0.15) is 45.4 Å². The van der Waals surface area contributed by atoms with E-state index >= 15 is 0 Å². The first kappa shape index (κ1) is 19.5. The van der Waals surface area contributed by atoms with Gasteiger partial charge in [-0.15, -0.1) is 0 Å². The Kier molecular flexibility index (Phi) is 8.09. The lowest BCUT2D eigenvalue weighted by Gasteiger charge is -2.24. The molecule has 0 saturated carbocycles. The highest BCUT2D eigenvalue weighted by molar-refractivity contribution is 5.76. The largest absolute Gasteiger partial charge is 0.426 e. The molecule has 130 valence electrons. The minimum Gasteiger partial charge on any atom is -0.426 e. The molecule has 0 aliphatic heterocycles. The van der Waals surface area contributed by atoms with Crippen LogP contribution < -0.4 is 10.5 Å². The zero-order valence-electron chi connectivity index (χ0n) is 13.3. The summed E-state index contributed by atoms with van der Waals surface area (Å²) in [5.41, 5.74) is 5.26. The molecule has 1 aromatic carbocycles. The number of benzene rings is 1. The number of esters is 1. The number of carbonyl (C=O) groups excluding carboxylic acids is 1. The van der Waals surface area contributed by atoms with Crippen molar-refractivity contribution in [3.05, 3.63) is 30.3 Å². The number of rotatable bonds is 9. The summed E-state index contributed by atoms with van der Waals surface area (Å²) in [5.74, 6) is -2.07. The summed E-state index contributed by atoms with van der Waals surface area (Å²) in [6.45, 7) is 2.06. The minimum atomic E-state index is -4.62. The Morgan fingerprint density at radius 3 is 2.30 bits per heavy atom. The smallest absolute Gasteiger partial charge is 0.404 e. The second-order valence-electron chi connectivity index (χ2n) is 5.61. The second kappa shape index (κ2) is 9.55. The molecule has 0 aromatic heterocycles. The van der Waals surface area contributed by atoms with Gasteiger partial charge in [0.05, 0.1) is 5.92 Å². The highest BCUT2D eigenvalue weighted by Gasteiger charge is 2.45. The van der Waals surface area contributed by atoms with E-state index in [0.29, 0.717) is 6.42 Å². The van der Waals surface area contributed by atoms with E-state index < -0.39 is 24.1 Å². The van der Waals surface area contributed by atoms with Crippen molar-refractivity contribution < 1.29 is 22.7 Å². The lowest BCUT2D eigenvalue weighted by molar-refractivity contribution is -0.172. The lowest BCUT2D eigenvalue weighted by atomic mass is 9.93. The maximum atomic E-state index is 12.9. The molecule has 1 rings (SSSR count). The zero-order valence-corrected chi connectivity index (χ0v) is 13.3. The Hall–Kier alpha value is -1.56. The molecule has 0 unspecified atom stereocenters. The molecule has 1 aromatic rings. The van der Waals surface area contributed by atoms with Gasteiger partial charge in [0.25, 0.3) is 0 Å². The number of halogens is 3. The molecular formula is C17H24F3NO2. The average molecular weight is 331 g/mol. The Labute approximate surface area is 135 Å². The van der Waals surface area contributed by atoms with Crippen molar-refractivity contribution in [2.24, 2.45) is 11.7 Å². The fourth-order valence-corrected chi connectivity index (χ4v) is 2.32. The summed E-state index contributed by atoms with van der Waals surface area (Å²) in [6.07, 6.45) is -0.212. The number of unbranched alkanes of at least 4 members (excludes halogenated alkanes) is 4. The molecule has 2 atom stereocenters. The standard InChI is InChI=1S/C17H24F3NO2/c1-2-3-4-5-9-12-14(15(21)17(18,19)20)16(22)23-13-10-7-6-8-11-13/h6-8,10-11,14-15H,2-5,9,12,21H2,1H3/t14-,15-/m1/s1. The van der Waals surface area contributed by atoms with Crippen LogP contribution >= 0.6 is 0 Å². The average Bonchev–Trinajstić information content (AvgIpc) is 2.50. The normalized spacial score (nSPS) is 14.3. The van der Waals surface area contributed by atoms with Gasteiger partial charge in [-0.1, -0.05) is 57.2 Å². The quantitative estimate of drug-likeness (QED) is 0.413. The van der Waals surface area contributed by atoms with Gasteiger partial charge in [0.2, 0.25) is 0 Å². The molecule has 0 aliphatic rings. The third-order valence-electron chi connectivity index (χ3n) is 3.69. The van der Waals surface area contributed by atoms with Crippen molar-refractivity contribution >= 4 is 5.97 Å². The number of nitrogens with two attached hydrogens (primary N) is 1. The van der Waals surface area contributed by atoms with Crippen molar-refractivity contribution in [2.45, 2.75) is 57.7 Å². The highest BCUT2D eigenvalue weighted by atomic mass is 19.4. The Morgan fingerprint density at radius 1 is 1.13 bits per heavy atom. The van der Waals surface area contributed by atoms with Gasteiger partial charge in [-0.3, -0.25) is 4.79 Å². The van der Waals surface area contributed by atoms with Gasteiger partial charge >= 0.3 is 12.1 Å². The maximum Gasteiger partial charge on any atom is 0.404 e. The van der Waals surface area contributed by atoms with E-state index in [0.717, 1.165) is 25.7 Å². The molecule has 0 heterocycles. The molecule has 0 saturated heterocycles. The van der Waals surface area contributed by atoms with E-state index in [-0.39, 0.29) is 12.2 Å². The fraction of sp³-hybridized carbons (Fsp3) is 0.588. The van der Waals surface area contributed by atoms with Crippen LogP contribution in [-0.4, -0.2) is 18.2 Å². The van der Waals surface area contributed by atoms with Gasteiger partial charge in [0.15, 0.2) is 0 Å². The third-order valence-corrected chi connectivity index (χ3v) is 3.69. The molecule has 0 spiro atoms. The number of carbonyl (C=O) groups is 1. The van der Waals surface area contributed by atoms with E-state index in [9.17, 15) is 18.0 Å². The van der Waals surface area contributed by atoms with Gasteiger partial charge in [0, 0.05) is 0 Å². The summed E-state index contributed by atoms with van der Waals surface area (Å²) in [5, 5.41) is 0. The monoisotopic (exact) mass is 331 g/mol. The lowest BCUT2D eigenvalue weighted by Crippen LogP contribution is -2.48. The first-order valence-electron chi connectivity index (χ1n) is 7.95. The molecule has 23 heavy (non-hydrogen) atoms. The number of ether oxygens (including phenoxy) is 1. The fourth-order valence-electron chi connectivity index (χ4n) is 2.32. The van der Waals surface area contributed by atoms with Gasteiger partial charge < -0.3 is 10.5 Å². The van der Waals surface area contributed by atoms with Gasteiger partial charge in [-0.05, 0) is 18.6 Å². The predicted octanol–water partition coefficient (Wildman–Crippen LogP) is 4.46. The van der Waals surface area contributed by atoms with E-state index in [4.69, 9.17) is 10.5 Å². The highest BCUT2D eigenvalue weighted by Crippen LogP contribution is 2.28. The molecule has 2 N–H and O–H groups in total. The van der Waals surface area contributed by atoms with E-state index in [1.807, 2.05) is 0 Å². The predicted molar refractivity (Wildman–Crippen MR) is 83.0 cm³/mol. The summed E-state index contributed by atoms with van der Waals surface area (Å²) in [4.78, 5) is 12.1. The van der Waals surface area contributed by atoms with E-state index in [1.165, 1.54) is 12.1 Å². The number of hydrogen-bond donors (Lipinski definition) is 1. The Morgan fingerprint density at radius 2 is 1.74 bits per heavy atom. The molecule has 3 nitrogen and oxygen atoms in total. The first-order chi connectivity index (χ1) is 10.9. The van der Waals surface area contributed by atoms with Crippen molar-refractivity contribution in [3.8, 4) is 5.75 Å². The Bertz CT molecular complexity index is 463. The van der Waals surface area contributed by atoms with E-state index in [2.05, 4.69) is 6.92 Å². The number of alkyl halides is 3. The van der Waals surface area contributed by atoms with E-state index in [1.54, 1.807) is 18.2 Å². The van der Waals surface area contributed by atoms with Crippen LogP contribution in [0.5, 0.6) is 5.75 Å². The summed E-state index contributed by atoms with van der Waals surface area (Å²) >= 11 is 0. The molecule has 0 amide bonds. The molecule has 0 aliphatic carbocycles. The summed E-state index contributed by atoms with van der Waals surface area (Å²) in [7, 11) is 0.